The minimum Gasteiger partial charge on any atom is -0.457 e. The van der Waals surface area contributed by atoms with Crippen LogP contribution in [0, 0.1) is 6.92 Å². The summed E-state index contributed by atoms with van der Waals surface area (Å²) in [4.78, 5) is 16.1. The monoisotopic (exact) mass is 427 g/mol. The van der Waals surface area contributed by atoms with Crippen LogP contribution in [0.15, 0.2) is 42.5 Å². The number of anilines is 2. The molecule has 0 saturated carbocycles. The van der Waals surface area contributed by atoms with E-state index in [1.165, 1.54) is 0 Å². The molecule has 1 aliphatic heterocycles. The Morgan fingerprint density at radius 1 is 1.23 bits per heavy atom. The lowest BCUT2D eigenvalue weighted by Crippen LogP contribution is -2.49. The number of para-hydroxylation sites is 1. The molecule has 1 atom stereocenters. The number of amides is 1. The second-order valence-corrected chi connectivity index (χ2v) is 8.84. The van der Waals surface area contributed by atoms with Crippen LogP contribution in [-0.4, -0.2) is 56.0 Å². The average Bonchev–Trinajstić information content (AvgIpc) is 2.70. The summed E-state index contributed by atoms with van der Waals surface area (Å²) in [5.41, 5.74) is 8.44. The molecule has 31 heavy (non-hydrogen) atoms. The Balaban J connectivity index is 1.72. The third-order valence-electron chi connectivity index (χ3n) is 5.02. The van der Waals surface area contributed by atoms with Crippen LogP contribution in [0.5, 0.6) is 11.5 Å². The maximum Gasteiger partial charge on any atom is 0.410 e. The Morgan fingerprint density at radius 2 is 1.94 bits per heavy atom. The van der Waals surface area contributed by atoms with Crippen LogP contribution in [0.25, 0.3) is 0 Å². The van der Waals surface area contributed by atoms with E-state index >= 15 is 0 Å². The van der Waals surface area contributed by atoms with Gasteiger partial charge >= 0.3 is 6.09 Å². The summed E-state index contributed by atoms with van der Waals surface area (Å²) in [5.74, 6) is 1.55. The Morgan fingerprint density at radius 3 is 2.61 bits per heavy atom. The molecule has 3 rings (SSSR count). The van der Waals surface area contributed by atoms with Gasteiger partial charge in [0.1, 0.15) is 17.1 Å². The van der Waals surface area contributed by atoms with Gasteiger partial charge in [0.2, 0.25) is 0 Å². The third-order valence-corrected chi connectivity index (χ3v) is 5.02. The smallest absolute Gasteiger partial charge is 0.410 e. The van der Waals surface area contributed by atoms with Crippen molar-refractivity contribution in [3.05, 3.63) is 48.0 Å². The van der Waals surface area contributed by atoms with Gasteiger partial charge in [-0.15, -0.1) is 0 Å². The molecule has 2 N–H and O–H groups in total. The van der Waals surface area contributed by atoms with Crippen molar-refractivity contribution in [2.45, 2.75) is 39.4 Å². The maximum absolute atomic E-state index is 12.3. The number of rotatable bonds is 5. The first-order chi connectivity index (χ1) is 14.6. The molecule has 0 bridgehead atoms. The van der Waals surface area contributed by atoms with E-state index in [-0.39, 0.29) is 12.2 Å². The van der Waals surface area contributed by atoms with Crippen LogP contribution in [0.3, 0.4) is 0 Å². The second-order valence-electron chi connectivity index (χ2n) is 8.84. The molecular formula is C24H33N3O4. The Labute approximate surface area is 184 Å². The lowest BCUT2D eigenvalue weighted by Gasteiger charge is -2.37. The molecule has 1 aliphatic rings. The van der Waals surface area contributed by atoms with Crippen LogP contribution in [0.1, 0.15) is 26.3 Å². The molecule has 0 unspecified atom stereocenters. The van der Waals surface area contributed by atoms with Gasteiger partial charge in [-0.05, 0) is 52.0 Å². The number of hydrogen-bond donors (Lipinski definition) is 1. The summed E-state index contributed by atoms with van der Waals surface area (Å²) in [5, 5.41) is 0. The van der Waals surface area contributed by atoms with Crippen molar-refractivity contribution in [3.63, 3.8) is 0 Å². The highest BCUT2D eigenvalue weighted by Crippen LogP contribution is 2.37. The van der Waals surface area contributed by atoms with Gasteiger partial charge in [0.25, 0.3) is 0 Å². The SMILES string of the molecule is Cc1c(Oc2ccccc2)ccc(N)c1N1CCO[C@H](CN(C)C(=O)OC(C)(C)C)C1. The summed E-state index contributed by atoms with van der Waals surface area (Å²) < 4.78 is 17.4. The molecule has 1 heterocycles. The topological polar surface area (TPSA) is 77.3 Å². The molecule has 0 spiro atoms. The molecule has 0 radical (unpaired) electrons. The number of benzene rings is 2. The fraction of sp³-hybridized carbons (Fsp3) is 0.458. The number of nitrogens with zero attached hydrogens (tertiary/aromatic N) is 2. The van der Waals surface area contributed by atoms with Crippen molar-refractivity contribution in [3.8, 4) is 11.5 Å². The predicted octanol–water partition coefficient (Wildman–Crippen LogP) is 4.44. The van der Waals surface area contributed by atoms with E-state index in [0.717, 1.165) is 22.7 Å². The number of carbonyl (C=O) groups is 1. The van der Waals surface area contributed by atoms with Gasteiger partial charge in [-0.1, -0.05) is 18.2 Å². The van der Waals surface area contributed by atoms with Crippen molar-refractivity contribution in [2.75, 3.05) is 43.9 Å². The fourth-order valence-electron chi connectivity index (χ4n) is 3.60. The lowest BCUT2D eigenvalue weighted by atomic mass is 10.1. The zero-order valence-corrected chi connectivity index (χ0v) is 19.1. The summed E-state index contributed by atoms with van der Waals surface area (Å²) in [7, 11) is 1.73. The van der Waals surface area contributed by atoms with Crippen LogP contribution in [0.4, 0.5) is 16.2 Å². The average molecular weight is 428 g/mol. The molecule has 2 aromatic rings. The standard InChI is InChI=1S/C24H33N3O4/c1-17-21(30-18-9-7-6-8-10-18)12-11-20(25)22(17)27-13-14-29-19(16-27)15-26(5)23(28)31-24(2,3)4/h6-12,19H,13-16,25H2,1-5H3/t19-/m1/s1. The van der Waals surface area contributed by atoms with Gasteiger partial charge in [-0.2, -0.15) is 0 Å². The van der Waals surface area contributed by atoms with E-state index in [4.69, 9.17) is 19.9 Å². The molecule has 7 nitrogen and oxygen atoms in total. The van der Waals surface area contributed by atoms with Gasteiger partial charge in [-0.3, -0.25) is 0 Å². The van der Waals surface area contributed by atoms with E-state index in [1.807, 2.05) is 70.2 Å². The number of hydrogen-bond acceptors (Lipinski definition) is 6. The van der Waals surface area contributed by atoms with Gasteiger partial charge in [0, 0.05) is 25.7 Å². The molecule has 7 heteroatoms. The summed E-state index contributed by atoms with van der Waals surface area (Å²) in [6, 6.07) is 13.5. The minimum atomic E-state index is -0.532. The molecule has 1 fully saturated rings. The first-order valence-electron chi connectivity index (χ1n) is 10.6. The van der Waals surface area contributed by atoms with Crippen molar-refractivity contribution in [1.82, 2.24) is 4.90 Å². The first-order valence-corrected chi connectivity index (χ1v) is 10.6. The molecule has 1 amide bonds. The number of ether oxygens (including phenoxy) is 3. The zero-order chi connectivity index (χ0) is 22.6. The number of likely N-dealkylation sites (N-methyl/N-ethyl adjacent to an activating group) is 1. The maximum atomic E-state index is 12.3. The van der Waals surface area contributed by atoms with E-state index in [0.29, 0.717) is 31.9 Å². The van der Waals surface area contributed by atoms with Crippen molar-refractivity contribution >= 4 is 17.5 Å². The summed E-state index contributed by atoms with van der Waals surface area (Å²) in [6.45, 7) is 9.90. The minimum absolute atomic E-state index is 0.149. The normalized spacial score (nSPS) is 16.7. The highest BCUT2D eigenvalue weighted by Gasteiger charge is 2.28. The second kappa shape index (κ2) is 9.47. The van der Waals surface area contributed by atoms with Crippen molar-refractivity contribution < 1.29 is 19.0 Å². The fourth-order valence-corrected chi connectivity index (χ4v) is 3.60. The molecule has 0 aliphatic carbocycles. The zero-order valence-electron chi connectivity index (χ0n) is 19.1. The summed E-state index contributed by atoms with van der Waals surface area (Å²) in [6.07, 6.45) is -0.508. The van der Waals surface area contributed by atoms with Gasteiger partial charge < -0.3 is 29.7 Å². The number of morpholine rings is 1. The van der Waals surface area contributed by atoms with Crippen LogP contribution in [-0.2, 0) is 9.47 Å². The van der Waals surface area contributed by atoms with Crippen LogP contribution in [0.2, 0.25) is 0 Å². The van der Waals surface area contributed by atoms with E-state index in [2.05, 4.69) is 4.90 Å². The predicted molar refractivity (Wildman–Crippen MR) is 123 cm³/mol. The summed E-state index contributed by atoms with van der Waals surface area (Å²) >= 11 is 0. The van der Waals surface area contributed by atoms with E-state index in [9.17, 15) is 4.79 Å². The molecule has 2 aromatic carbocycles. The van der Waals surface area contributed by atoms with Crippen molar-refractivity contribution in [2.24, 2.45) is 0 Å². The number of carbonyl (C=O) groups excluding carboxylic acids is 1. The third kappa shape index (κ3) is 6.04. The molecule has 168 valence electrons. The Hall–Kier alpha value is -2.93. The van der Waals surface area contributed by atoms with Gasteiger partial charge in [0.05, 0.1) is 30.6 Å². The first kappa shape index (κ1) is 22.7. The van der Waals surface area contributed by atoms with E-state index < -0.39 is 5.60 Å². The van der Waals surface area contributed by atoms with Crippen molar-refractivity contribution in [1.29, 1.82) is 0 Å². The largest absolute Gasteiger partial charge is 0.457 e. The van der Waals surface area contributed by atoms with Gasteiger partial charge in [-0.25, -0.2) is 4.79 Å². The lowest BCUT2D eigenvalue weighted by molar-refractivity contribution is -0.00134. The van der Waals surface area contributed by atoms with Gasteiger partial charge in [0.15, 0.2) is 0 Å². The number of nitrogens with two attached hydrogens (primary N) is 1. The van der Waals surface area contributed by atoms with E-state index in [1.54, 1.807) is 11.9 Å². The quantitative estimate of drug-likeness (QED) is 0.711. The highest BCUT2D eigenvalue weighted by atomic mass is 16.6. The molecular weight excluding hydrogens is 394 g/mol. The Kier molecular flexibility index (Phi) is 6.95. The van der Waals surface area contributed by atoms with Crippen LogP contribution < -0.4 is 15.4 Å². The highest BCUT2D eigenvalue weighted by molar-refractivity contribution is 5.75. The Bertz CT molecular complexity index is 896. The number of nitrogen functional groups attached to an aromatic ring is 1. The molecule has 0 aromatic heterocycles. The molecule has 1 saturated heterocycles. The van der Waals surface area contributed by atoms with Crippen LogP contribution >= 0.6 is 0 Å².